The third kappa shape index (κ3) is 4.07. The van der Waals surface area contributed by atoms with Gasteiger partial charge < -0.3 is 10.6 Å². The molecule has 1 heterocycles. The van der Waals surface area contributed by atoms with E-state index in [1.54, 1.807) is 0 Å². The first kappa shape index (κ1) is 15.0. The Morgan fingerprint density at radius 3 is 2.82 bits per heavy atom. The van der Waals surface area contributed by atoms with Crippen LogP contribution >= 0.6 is 11.3 Å². The molecular formula is C17H21N3OS. The molecule has 1 aromatic heterocycles. The van der Waals surface area contributed by atoms with Gasteiger partial charge in [-0.1, -0.05) is 18.2 Å². The number of aryl methyl sites for hydroxylation is 3. The number of hydrogen-bond donors (Lipinski definition) is 2. The Morgan fingerprint density at radius 1 is 1.18 bits per heavy atom. The van der Waals surface area contributed by atoms with Crippen molar-refractivity contribution in [3.8, 4) is 0 Å². The molecule has 2 amide bonds. The van der Waals surface area contributed by atoms with Gasteiger partial charge in [-0.25, -0.2) is 9.78 Å². The second-order valence-corrected chi connectivity index (χ2v) is 6.70. The van der Waals surface area contributed by atoms with Crippen LogP contribution in [0, 0.1) is 0 Å². The highest BCUT2D eigenvalue weighted by Crippen LogP contribution is 2.27. The molecular weight excluding hydrogens is 294 g/mol. The van der Waals surface area contributed by atoms with Crippen molar-refractivity contribution >= 4 is 23.1 Å². The topological polar surface area (TPSA) is 54.0 Å². The zero-order chi connectivity index (χ0) is 15.2. The van der Waals surface area contributed by atoms with Crippen LogP contribution in [0.5, 0.6) is 0 Å². The Bertz CT molecular complexity index is 601. The number of nitrogens with one attached hydrogen (secondary N) is 2. The van der Waals surface area contributed by atoms with E-state index in [4.69, 9.17) is 4.98 Å². The standard InChI is InChI=1S/C17H21N3OS/c21-17(19-13-7-2-1-3-8-13)18-12-6-11-16-20-14-9-4-5-10-15(14)22-16/h1-3,7-8H,4-6,9-12H2,(H2,18,19,21). The molecule has 1 aliphatic carbocycles. The van der Waals surface area contributed by atoms with Crippen LogP contribution < -0.4 is 10.6 Å². The van der Waals surface area contributed by atoms with Crippen LogP contribution in [0.25, 0.3) is 0 Å². The average Bonchev–Trinajstić information content (AvgIpc) is 2.95. The Hall–Kier alpha value is -1.88. The number of fused-ring (bicyclic) bond motifs is 1. The molecule has 116 valence electrons. The fourth-order valence-corrected chi connectivity index (χ4v) is 3.85. The second-order valence-electron chi connectivity index (χ2n) is 5.54. The number of thiazole rings is 1. The van der Waals surface area contributed by atoms with Gasteiger partial charge in [0.1, 0.15) is 0 Å². The van der Waals surface area contributed by atoms with Gasteiger partial charge in [-0.05, 0) is 44.2 Å². The van der Waals surface area contributed by atoms with Crippen LogP contribution in [0.2, 0.25) is 0 Å². The van der Waals surface area contributed by atoms with Crippen LogP contribution in [0.15, 0.2) is 30.3 Å². The molecule has 1 aliphatic rings. The van der Waals surface area contributed by atoms with Gasteiger partial charge in [0.2, 0.25) is 0 Å². The van der Waals surface area contributed by atoms with E-state index in [-0.39, 0.29) is 6.03 Å². The van der Waals surface area contributed by atoms with Gasteiger partial charge in [0, 0.05) is 23.5 Å². The number of aromatic nitrogens is 1. The highest BCUT2D eigenvalue weighted by molar-refractivity contribution is 7.11. The SMILES string of the molecule is O=C(NCCCc1nc2c(s1)CCCC2)Nc1ccccc1. The van der Waals surface area contributed by atoms with E-state index in [1.165, 1.54) is 34.8 Å². The number of amides is 2. The van der Waals surface area contributed by atoms with Crippen LogP contribution in [-0.2, 0) is 19.3 Å². The largest absolute Gasteiger partial charge is 0.338 e. The lowest BCUT2D eigenvalue weighted by molar-refractivity contribution is 0.252. The van der Waals surface area contributed by atoms with Crippen molar-refractivity contribution in [1.29, 1.82) is 0 Å². The van der Waals surface area contributed by atoms with E-state index in [0.717, 1.165) is 24.9 Å². The summed E-state index contributed by atoms with van der Waals surface area (Å²) in [5.74, 6) is 0. The van der Waals surface area contributed by atoms with E-state index in [9.17, 15) is 4.79 Å². The number of urea groups is 1. The molecule has 1 aromatic carbocycles. The summed E-state index contributed by atoms with van der Waals surface area (Å²) in [6.45, 7) is 0.670. The smallest absolute Gasteiger partial charge is 0.319 e. The summed E-state index contributed by atoms with van der Waals surface area (Å²) in [6, 6.07) is 9.33. The Labute approximate surface area is 135 Å². The first-order chi connectivity index (χ1) is 10.8. The lowest BCUT2D eigenvalue weighted by Crippen LogP contribution is -2.29. The van der Waals surface area contributed by atoms with Crippen LogP contribution in [0.4, 0.5) is 10.5 Å². The normalized spacial score (nSPS) is 13.5. The molecule has 0 radical (unpaired) electrons. The number of carbonyl (C=O) groups excluding carboxylic acids is 1. The Kier molecular flexibility index (Phi) is 5.06. The van der Waals surface area contributed by atoms with Crippen LogP contribution in [-0.4, -0.2) is 17.6 Å². The third-order valence-electron chi connectivity index (χ3n) is 3.77. The summed E-state index contributed by atoms with van der Waals surface area (Å²) in [5, 5.41) is 6.93. The first-order valence-electron chi connectivity index (χ1n) is 7.88. The first-order valence-corrected chi connectivity index (χ1v) is 8.70. The predicted molar refractivity (Wildman–Crippen MR) is 90.5 cm³/mol. The fourth-order valence-electron chi connectivity index (χ4n) is 2.65. The average molecular weight is 315 g/mol. The minimum Gasteiger partial charge on any atom is -0.338 e. The maximum Gasteiger partial charge on any atom is 0.319 e. The maximum atomic E-state index is 11.7. The highest BCUT2D eigenvalue weighted by atomic mass is 32.1. The number of nitrogens with zero attached hydrogens (tertiary/aromatic N) is 1. The molecule has 0 bridgehead atoms. The molecule has 0 spiro atoms. The van der Waals surface area contributed by atoms with Crippen molar-refractivity contribution in [2.45, 2.75) is 38.5 Å². The minimum absolute atomic E-state index is 0.148. The fraction of sp³-hybridized carbons (Fsp3) is 0.412. The number of para-hydroxylation sites is 1. The summed E-state index contributed by atoms with van der Waals surface area (Å²) < 4.78 is 0. The zero-order valence-electron chi connectivity index (χ0n) is 12.6. The van der Waals surface area contributed by atoms with E-state index < -0.39 is 0 Å². The van der Waals surface area contributed by atoms with Gasteiger partial charge in [0.25, 0.3) is 0 Å². The molecule has 0 aliphatic heterocycles. The molecule has 2 N–H and O–H groups in total. The number of anilines is 1. The van der Waals surface area contributed by atoms with Gasteiger partial charge in [-0.2, -0.15) is 0 Å². The van der Waals surface area contributed by atoms with E-state index in [0.29, 0.717) is 6.54 Å². The van der Waals surface area contributed by atoms with Crippen molar-refractivity contribution in [1.82, 2.24) is 10.3 Å². The van der Waals surface area contributed by atoms with Gasteiger partial charge in [0.15, 0.2) is 0 Å². The van der Waals surface area contributed by atoms with Crippen molar-refractivity contribution in [2.75, 3.05) is 11.9 Å². The monoisotopic (exact) mass is 315 g/mol. The summed E-state index contributed by atoms with van der Waals surface area (Å²) in [7, 11) is 0. The Morgan fingerprint density at radius 2 is 2.00 bits per heavy atom. The van der Waals surface area contributed by atoms with E-state index in [1.807, 2.05) is 41.7 Å². The predicted octanol–water partition coefficient (Wildman–Crippen LogP) is 3.78. The molecule has 0 fully saturated rings. The number of hydrogen-bond acceptors (Lipinski definition) is 3. The molecule has 0 unspecified atom stereocenters. The molecule has 22 heavy (non-hydrogen) atoms. The number of benzene rings is 1. The van der Waals surface area contributed by atoms with Crippen LogP contribution in [0.3, 0.4) is 0 Å². The van der Waals surface area contributed by atoms with Crippen molar-refractivity contribution in [3.05, 3.63) is 45.9 Å². The molecule has 2 aromatic rings. The van der Waals surface area contributed by atoms with Gasteiger partial charge in [-0.3, -0.25) is 0 Å². The minimum atomic E-state index is -0.148. The lowest BCUT2D eigenvalue weighted by Gasteiger charge is -2.06. The maximum absolute atomic E-state index is 11.7. The summed E-state index contributed by atoms with van der Waals surface area (Å²) >= 11 is 1.86. The molecule has 4 nitrogen and oxygen atoms in total. The van der Waals surface area contributed by atoms with Gasteiger partial charge >= 0.3 is 6.03 Å². The van der Waals surface area contributed by atoms with Crippen molar-refractivity contribution < 1.29 is 4.79 Å². The third-order valence-corrected chi connectivity index (χ3v) is 4.99. The highest BCUT2D eigenvalue weighted by Gasteiger charge is 2.14. The molecule has 0 atom stereocenters. The van der Waals surface area contributed by atoms with E-state index >= 15 is 0 Å². The van der Waals surface area contributed by atoms with Crippen molar-refractivity contribution in [2.24, 2.45) is 0 Å². The van der Waals surface area contributed by atoms with Gasteiger partial charge in [0.05, 0.1) is 10.7 Å². The molecule has 0 saturated heterocycles. The van der Waals surface area contributed by atoms with Crippen molar-refractivity contribution in [3.63, 3.8) is 0 Å². The summed E-state index contributed by atoms with van der Waals surface area (Å²) in [4.78, 5) is 18.0. The van der Waals surface area contributed by atoms with Gasteiger partial charge in [-0.15, -0.1) is 11.3 Å². The molecule has 3 rings (SSSR count). The second kappa shape index (κ2) is 7.40. The summed E-state index contributed by atoms with van der Waals surface area (Å²) in [6.07, 6.45) is 6.79. The Balaban J connectivity index is 1.38. The van der Waals surface area contributed by atoms with Crippen LogP contribution in [0.1, 0.15) is 34.8 Å². The van der Waals surface area contributed by atoms with E-state index in [2.05, 4.69) is 10.6 Å². The molecule has 0 saturated carbocycles. The number of carbonyl (C=O) groups is 1. The lowest BCUT2D eigenvalue weighted by atomic mass is 10.0. The summed E-state index contributed by atoms with van der Waals surface area (Å²) in [5.41, 5.74) is 2.13. The quantitative estimate of drug-likeness (QED) is 0.825. The molecule has 5 heteroatoms. The zero-order valence-corrected chi connectivity index (χ0v) is 13.4. The number of rotatable bonds is 5.